The van der Waals surface area contributed by atoms with Crippen LogP contribution < -0.4 is 5.32 Å². The van der Waals surface area contributed by atoms with E-state index in [1.165, 1.54) is 0 Å². The van der Waals surface area contributed by atoms with Crippen molar-refractivity contribution in [2.24, 2.45) is 4.99 Å². The molecule has 0 fully saturated rings. The first kappa shape index (κ1) is 9.88. The predicted molar refractivity (Wildman–Crippen MR) is 46.6 cm³/mol. The van der Waals surface area contributed by atoms with Crippen LogP contribution in [0.5, 0.6) is 0 Å². The van der Waals surface area contributed by atoms with Gasteiger partial charge in [-0.05, 0) is 13.8 Å². The van der Waals surface area contributed by atoms with Crippen LogP contribution in [-0.4, -0.2) is 19.2 Å². The third kappa shape index (κ3) is 4.31. The summed E-state index contributed by atoms with van der Waals surface area (Å²) in [5.74, 6) is -0.0105. The molecule has 0 aromatic rings. The van der Waals surface area contributed by atoms with E-state index in [0.717, 1.165) is 5.70 Å². The largest absolute Gasteiger partial charge is 0.359 e. The Hall–Kier alpha value is -1.12. The van der Waals surface area contributed by atoms with Crippen LogP contribution >= 0.6 is 0 Å². The minimum atomic E-state index is -0.0105. The molecule has 0 aliphatic carbocycles. The van der Waals surface area contributed by atoms with Crippen molar-refractivity contribution >= 4 is 12.1 Å². The zero-order chi connectivity index (χ0) is 8.69. The molecule has 0 bridgehead atoms. The van der Waals surface area contributed by atoms with Crippen LogP contribution in [0.25, 0.3) is 0 Å². The maximum Gasteiger partial charge on any atom is 0.225 e. The number of hydrogen-bond donors (Lipinski definition) is 1. The number of allylic oxidation sites excluding steroid dienone is 1. The van der Waals surface area contributed by atoms with Gasteiger partial charge in [-0.2, -0.15) is 0 Å². The van der Waals surface area contributed by atoms with Crippen molar-refractivity contribution < 1.29 is 4.79 Å². The lowest BCUT2D eigenvalue weighted by Gasteiger charge is -1.98. The first-order chi connectivity index (χ1) is 5.24. The minimum absolute atomic E-state index is 0.0105. The summed E-state index contributed by atoms with van der Waals surface area (Å²) < 4.78 is 0. The fourth-order valence-electron chi connectivity index (χ4n) is 0.641. The maximum absolute atomic E-state index is 10.8. The van der Waals surface area contributed by atoms with Crippen LogP contribution in [0.15, 0.2) is 16.8 Å². The Morgan fingerprint density at radius 1 is 1.55 bits per heavy atom. The van der Waals surface area contributed by atoms with Gasteiger partial charge in [-0.3, -0.25) is 9.79 Å². The van der Waals surface area contributed by atoms with Crippen molar-refractivity contribution in [3.05, 3.63) is 11.8 Å². The summed E-state index contributed by atoms with van der Waals surface area (Å²) in [5.41, 5.74) is 0.798. The average Bonchev–Trinajstić information content (AvgIpc) is 2.03. The fraction of sp³-hybridized carbons (Fsp3) is 0.500. The third-order valence-electron chi connectivity index (χ3n) is 1.25. The van der Waals surface area contributed by atoms with Crippen LogP contribution in [0, 0.1) is 0 Å². The lowest BCUT2D eigenvalue weighted by molar-refractivity contribution is -0.119. The molecule has 0 aliphatic rings. The van der Waals surface area contributed by atoms with Gasteiger partial charge >= 0.3 is 0 Å². The van der Waals surface area contributed by atoms with Crippen LogP contribution in [0.3, 0.4) is 0 Å². The smallest absolute Gasteiger partial charge is 0.225 e. The highest BCUT2D eigenvalue weighted by Gasteiger charge is 1.99. The van der Waals surface area contributed by atoms with E-state index in [-0.39, 0.29) is 5.91 Å². The molecule has 0 saturated carbocycles. The second kappa shape index (κ2) is 5.65. The summed E-state index contributed by atoms with van der Waals surface area (Å²) in [6, 6.07) is 0. The van der Waals surface area contributed by atoms with Crippen molar-refractivity contribution in [1.29, 1.82) is 0 Å². The molecule has 0 atom stereocenters. The Labute approximate surface area is 67.2 Å². The number of rotatable bonds is 3. The summed E-state index contributed by atoms with van der Waals surface area (Å²) in [7, 11) is 1.62. The molecule has 0 unspecified atom stereocenters. The zero-order valence-corrected chi connectivity index (χ0v) is 7.22. The average molecular weight is 154 g/mol. The van der Waals surface area contributed by atoms with Gasteiger partial charge in [-0.25, -0.2) is 0 Å². The monoisotopic (exact) mass is 154 g/mol. The summed E-state index contributed by atoms with van der Waals surface area (Å²) in [6.07, 6.45) is 3.87. The molecule has 1 N–H and O–H groups in total. The summed E-state index contributed by atoms with van der Waals surface area (Å²) in [5, 5.41) is 2.53. The number of carbonyl (C=O) groups is 1. The van der Waals surface area contributed by atoms with Crippen molar-refractivity contribution in [3.63, 3.8) is 0 Å². The summed E-state index contributed by atoms with van der Waals surface area (Å²) in [6.45, 7) is 3.69. The van der Waals surface area contributed by atoms with E-state index in [1.807, 2.05) is 19.9 Å². The van der Waals surface area contributed by atoms with Gasteiger partial charge in [0.1, 0.15) is 0 Å². The maximum atomic E-state index is 10.8. The number of nitrogens with zero attached hydrogens (tertiary/aromatic N) is 1. The van der Waals surface area contributed by atoms with Gasteiger partial charge in [0, 0.05) is 19.0 Å². The first-order valence-corrected chi connectivity index (χ1v) is 3.59. The molecule has 0 aliphatic heterocycles. The van der Waals surface area contributed by atoms with Crippen LogP contribution in [0.1, 0.15) is 20.3 Å². The molecule has 0 heterocycles. The van der Waals surface area contributed by atoms with E-state index < -0.39 is 0 Å². The number of hydrogen-bond acceptors (Lipinski definition) is 2. The minimum Gasteiger partial charge on any atom is -0.359 e. The summed E-state index contributed by atoms with van der Waals surface area (Å²) >= 11 is 0. The van der Waals surface area contributed by atoms with Crippen LogP contribution in [0.4, 0.5) is 0 Å². The highest BCUT2D eigenvalue weighted by molar-refractivity contribution is 5.78. The molecule has 62 valence electrons. The fourth-order valence-corrected chi connectivity index (χ4v) is 0.641. The van der Waals surface area contributed by atoms with Crippen molar-refractivity contribution in [2.45, 2.75) is 20.3 Å². The molecule has 0 rings (SSSR count). The van der Waals surface area contributed by atoms with E-state index in [2.05, 4.69) is 10.3 Å². The van der Waals surface area contributed by atoms with Crippen LogP contribution in [-0.2, 0) is 4.79 Å². The van der Waals surface area contributed by atoms with Gasteiger partial charge in [0.2, 0.25) is 5.91 Å². The Morgan fingerprint density at radius 3 is 2.55 bits per heavy atom. The lowest BCUT2D eigenvalue weighted by atomic mass is 10.3. The highest BCUT2D eigenvalue weighted by Crippen LogP contribution is 2.01. The Morgan fingerprint density at radius 2 is 2.18 bits per heavy atom. The Kier molecular flexibility index (Phi) is 5.07. The van der Waals surface area contributed by atoms with E-state index >= 15 is 0 Å². The van der Waals surface area contributed by atoms with Crippen LogP contribution in [0.2, 0.25) is 0 Å². The first-order valence-electron chi connectivity index (χ1n) is 3.59. The second-order valence-corrected chi connectivity index (χ2v) is 2.02. The van der Waals surface area contributed by atoms with Gasteiger partial charge in [-0.1, -0.05) is 6.08 Å². The Bertz CT molecular complexity index is 183. The standard InChI is InChI=1S/C8H14N2O/c1-4-7(10-5-2)6-8(11)9-3/h4-5H,6H2,1-3H3,(H,9,11)/b7-4-,10-5-. The molecule has 1 amide bonds. The SMILES string of the molecule is C/C=N\C(=C/C)CC(=O)NC. The van der Waals surface area contributed by atoms with Crippen molar-refractivity contribution in [1.82, 2.24) is 5.32 Å². The van der Waals surface area contributed by atoms with Gasteiger partial charge < -0.3 is 5.32 Å². The molecule has 3 nitrogen and oxygen atoms in total. The number of carbonyl (C=O) groups excluding carboxylic acids is 1. The lowest BCUT2D eigenvalue weighted by Crippen LogP contribution is -2.17. The van der Waals surface area contributed by atoms with E-state index in [9.17, 15) is 4.79 Å². The predicted octanol–water partition coefficient (Wildman–Crippen LogP) is 1.12. The van der Waals surface area contributed by atoms with Crippen molar-refractivity contribution in [2.75, 3.05) is 7.05 Å². The normalized spacial score (nSPS) is 12.1. The van der Waals surface area contributed by atoms with Gasteiger partial charge in [0.05, 0.1) is 6.42 Å². The molecule has 0 radical (unpaired) electrons. The summed E-state index contributed by atoms with van der Waals surface area (Å²) in [4.78, 5) is 14.8. The Balaban J connectivity index is 4.00. The highest BCUT2D eigenvalue weighted by atomic mass is 16.1. The molecule has 0 aromatic heterocycles. The molecule has 0 spiro atoms. The van der Waals surface area contributed by atoms with E-state index in [4.69, 9.17) is 0 Å². The molecule has 11 heavy (non-hydrogen) atoms. The van der Waals surface area contributed by atoms with E-state index in [0.29, 0.717) is 6.42 Å². The van der Waals surface area contributed by atoms with E-state index in [1.54, 1.807) is 13.3 Å². The second-order valence-electron chi connectivity index (χ2n) is 2.02. The quantitative estimate of drug-likeness (QED) is 0.608. The topological polar surface area (TPSA) is 41.5 Å². The molecule has 0 saturated heterocycles. The zero-order valence-electron chi connectivity index (χ0n) is 7.22. The molecule has 3 heteroatoms. The van der Waals surface area contributed by atoms with Gasteiger partial charge in [0.15, 0.2) is 0 Å². The molecular formula is C8H14N2O. The third-order valence-corrected chi connectivity index (χ3v) is 1.25. The van der Waals surface area contributed by atoms with Gasteiger partial charge in [-0.15, -0.1) is 0 Å². The number of aliphatic imine (C=N–C) groups is 1. The molecular weight excluding hydrogens is 140 g/mol. The van der Waals surface area contributed by atoms with Gasteiger partial charge in [0.25, 0.3) is 0 Å². The van der Waals surface area contributed by atoms with Crippen molar-refractivity contribution in [3.8, 4) is 0 Å². The number of nitrogens with one attached hydrogen (secondary N) is 1. The molecule has 0 aromatic carbocycles. The number of amides is 1.